The molecule has 0 saturated carbocycles. The van der Waals surface area contributed by atoms with Crippen LogP contribution in [0.5, 0.6) is 0 Å². The summed E-state index contributed by atoms with van der Waals surface area (Å²) in [7, 11) is 5.40. The summed E-state index contributed by atoms with van der Waals surface area (Å²) >= 11 is 0. The number of unbranched alkanes of at least 4 members (excludes halogenated alkanes) is 20. The van der Waals surface area contributed by atoms with Gasteiger partial charge in [0, 0.05) is 19.3 Å². The van der Waals surface area contributed by atoms with E-state index in [-0.39, 0.29) is 42.7 Å². The molecule has 0 radical (unpaired) electrons. The van der Waals surface area contributed by atoms with Gasteiger partial charge in [-0.25, -0.2) is 0 Å². The van der Waals surface area contributed by atoms with Gasteiger partial charge >= 0.3 is 11.9 Å². The lowest BCUT2D eigenvalue weighted by Gasteiger charge is -2.34. The highest BCUT2D eigenvalue weighted by molar-refractivity contribution is 5.70. The zero-order valence-electron chi connectivity index (χ0n) is 34.5. The number of allylic oxidation sites excluding steroid dienone is 4. The van der Waals surface area contributed by atoms with Gasteiger partial charge in [-0.15, -0.1) is 0 Å². The Labute approximate surface area is 320 Å². The molecule has 2 unspecified atom stereocenters. The van der Waals surface area contributed by atoms with E-state index in [4.69, 9.17) is 14.2 Å². The number of rotatable bonds is 38. The standard InChI is InChI=1S/C44H81NO7/c1-6-8-10-12-14-16-18-20-22-24-26-28-30-32-34-42(46)51-39-40(38-50-37-36-41(44(48)49)45(3,4)5)52-43(47)35-33-31-29-27-25-23-21-19-17-15-13-11-9-7-2/h18-21,40-41H,6-17,22-39H2,1-5H3/b20-18-,21-19-. The van der Waals surface area contributed by atoms with Crippen molar-refractivity contribution in [1.29, 1.82) is 0 Å². The lowest BCUT2D eigenvalue weighted by Crippen LogP contribution is -2.55. The maximum atomic E-state index is 12.7. The SMILES string of the molecule is CCCCCCC/C=C\CCCCCCCC(=O)OCC(COCCC(C(=O)[O-])[N+](C)(C)C)OC(=O)CCCCCCC/C=C\CCCCCCC. The Morgan fingerprint density at radius 2 is 0.962 bits per heavy atom. The predicted octanol–water partition coefficient (Wildman–Crippen LogP) is 9.97. The van der Waals surface area contributed by atoms with Crippen LogP contribution in [-0.2, 0) is 28.6 Å². The minimum Gasteiger partial charge on any atom is -0.544 e. The molecule has 8 nitrogen and oxygen atoms in total. The molecule has 0 spiro atoms. The Bertz CT molecular complexity index is 911. The Hall–Kier alpha value is -2.19. The van der Waals surface area contributed by atoms with E-state index in [1.54, 1.807) is 21.1 Å². The number of aliphatic carboxylic acids is 1. The van der Waals surface area contributed by atoms with Crippen molar-refractivity contribution in [3.63, 3.8) is 0 Å². The van der Waals surface area contributed by atoms with Crippen molar-refractivity contribution in [3.8, 4) is 0 Å². The largest absolute Gasteiger partial charge is 0.544 e. The van der Waals surface area contributed by atoms with E-state index in [2.05, 4.69) is 38.2 Å². The predicted molar refractivity (Wildman–Crippen MR) is 213 cm³/mol. The molecule has 0 rings (SSSR count). The summed E-state index contributed by atoms with van der Waals surface area (Å²) in [4.78, 5) is 36.8. The van der Waals surface area contributed by atoms with Gasteiger partial charge < -0.3 is 28.6 Å². The highest BCUT2D eigenvalue weighted by atomic mass is 16.6. The lowest BCUT2D eigenvalue weighted by molar-refractivity contribution is -0.889. The van der Waals surface area contributed by atoms with Crippen molar-refractivity contribution in [2.75, 3.05) is 41.0 Å². The van der Waals surface area contributed by atoms with E-state index in [0.717, 1.165) is 64.2 Å². The summed E-state index contributed by atoms with van der Waals surface area (Å²) < 4.78 is 17.1. The molecule has 0 aliphatic rings. The Morgan fingerprint density at radius 3 is 1.38 bits per heavy atom. The van der Waals surface area contributed by atoms with E-state index < -0.39 is 18.1 Å². The molecule has 0 aromatic carbocycles. The number of hydrogen-bond donors (Lipinski definition) is 0. The Balaban J connectivity index is 4.39. The van der Waals surface area contributed by atoms with E-state index in [0.29, 0.717) is 12.8 Å². The van der Waals surface area contributed by atoms with Crippen molar-refractivity contribution in [3.05, 3.63) is 24.3 Å². The molecular formula is C44H81NO7. The molecule has 0 aromatic rings. The zero-order chi connectivity index (χ0) is 38.5. The number of ether oxygens (including phenoxy) is 3. The molecule has 0 amide bonds. The highest BCUT2D eigenvalue weighted by Gasteiger charge is 2.25. The minimum atomic E-state index is -1.13. The highest BCUT2D eigenvalue weighted by Crippen LogP contribution is 2.13. The van der Waals surface area contributed by atoms with Crippen LogP contribution in [0.1, 0.15) is 187 Å². The van der Waals surface area contributed by atoms with Crippen LogP contribution in [0.4, 0.5) is 0 Å². The van der Waals surface area contributed by atoms with E-state index >= 15 is 0 Å². The molecule has 2 atom stereocenters. The van der Waals surface area contributed by atoms with Crippen LogP contribution in [-0.4, -0.2) is 75.5 Å². The molecule has 0 saturated heterocycles. The first-order valence-electron chi connectivity index (χ1n) is 21.4. The third-order valence-electron chi connectivity index (χ3n) is 9.56. The van der Waals surface area contributed by atoms with Gasteiger partial charge in [-0.2, -0.15) is 0 Å². The van der Waals surface area contributed by atoms with Gasteiger partial charge in [0.05, 0.1) is 40.3 Å². The van der Waals surface area contributed by atoms with Crippen LogP contribution in [0.15, 0.2) is 24.3 Å². The summed E-state index contributed by atoms with van der Waals surface area (Å²) in [5.41, 5.74) is 0. The molecule has 304 valence electrons. The quantitative estimate of drug-likeness (QED) is 0.0269. The molecule has 0 aromatic heterocycles. The van der Waals surface area contributed by atoms with Crippen LogP contribution in [0.3, 0.4) is 0 Å². The minimum absolute atomic E-state index is 0.0372. The molecule has 0 aliphatic carbocycles. The summed E-state index contributed by atoms with van der Waals surface area (Å²) in [6, 6.07) is -0.725. The van der Waals surface area contributed by atoms with E-state index in [1.165, 1.54) is 89.9 Å². The first-order chi connectivity index (χ1) is 25.1. The van der Waals surface area contributed by atoms with Gasteiger partial charge in [0.15, 0.2) is 6.10 Å². The van der Waals surface area contributed by atoms with Crippen LogP contribution in [0.2, 0.25) is 0 Å². The normalized spacial score (nSPS) is 13.2. The van der Waals surface area contributed by atoms with Gasteiger partial charge in [-0.1, -0.05) is 128 Å². The van der Waals surface area contributed by atoms with Crippen molar-refractivity contribution >= 4 is 17.9 Å². The Kier molecular flexibility index (Phi) is 34.3. The van der Waals surface area contributed by atoms with Crippen molar-refractivity contribution in [1.82, 2.24) is 0 Å². The number of quaternary nitrogens is 1. The summed E-state index contributed by atoms with van der Waals surface area (Å²) in [6.07, 6.45) is 37.6. The molecule has 52 heavy (non-hydrogen) atoms. The van der Waals surface area contributed by atoms with Crippen molar-refractivity contribution in [2.24, 2.45) is 0 Å². The molecule has 0 N–H and O–H groups in total. The second-order valence-corrected chi connectivity index (χ2v) is 15.6. The molecule has 0 heterocycles. The van der Waals surface area contributed by atoms with Crippen LogP contribution >= 0.6 is 0 Å². The number of carboxylic acids is 1. The van der Waals surface area contributed by atoms with Gasteiger partial charge in [0.1, 0.15) is 12.6 Å². The second-order valence-electron chi connectivity index (χ2n) is 15.6. The number of nitrogens with zero attached hydrogens (tertiary/aromatic N) is 1. The number of carbonyl (C=O) groups excluding carboxylic acids is 3. The third-order valence-corrected chi connectivity index (χ3v) is 9.56. The molecule has 0 fully saturated rings. The number of carbonyl (C=O) groups is 3. The van der Waals surface area contributed by atoms with Crippen LogP contribution < -0.4 is 5.11 Å². The van der Waals surface area contributed by atoms with Crippen molar-refractivity contribution < 1.29 is 38.2 Å². The molecule has 8 heteroatoms. The number of carboxylic acid groups (broad SMARTS) is 1. The average molecular weight is 736 g/mol. The average Bonchev–Trinajstić information content (AvgIpc) is 3.09. The number of esters is 2. The number of hydrogen-bond acceptors (Lipinski definition) is 7. The lowest BCUT2D eigenvalue weighted by atomic mass is 10.1. The first-order valence-corrected chi connectivity index (χ1v) is 21.4. The molecule has 0 aliphatic heterocycles. The van der Waals surface area contributed by atoms with Crippen molar-refractivity contribution in [2.45, 2.75) is 199 Å². The maximum absolute atomic E-state index is 12.7. The van der Waals surface area contributed by atoms with E-state index in [9.17, 15) is 19.5 Å². The second kappa shape index (κ2) is 35.8. The summed E-state index contributed by atoms with van der Waals surface area (Å²) in [5.74, 6) is -1.75. The fourth-order valence-corrected chi connectivity index (χ4v) is 6.18. The van der Waals surface area contributed by atoms with Gasteiger partial charge in [0.25, 0.3) is 0 Å². The van der Waals surface area contributed by atoms with Crippen LogP contribution in [0, 0.1) is 0 Å². The molecule has 0 bridgehead atoms. The third kappa shape index (κ3) is 33.6. The number of likely N-dealkylation sites (N-methyl/N-ethyl adjacent to an activating group) is 1. The van der Waals surface area contributed by atoms with Gasteiger partial charge in [-0.3, -0.25) is 9.59 Å². The summed E-state index contributed by atoms with van der Waals surface area (Å²) in [6.45, 7) is 4.63. The zero-order valence-corrected chi connectivity index (χ0v) is 34.5. The fourth-order valence-electron chi connectivity index (χ4n) is 6.18. The molecular weight excluding hydrogens is 654 g/mol. The van der Waals surface area contributed by atoms with Gasteiger partial charge in [0.2, 0.25) is 0 Å². The van der Waals surface area contributed by atoms with E-state index in [1.807, 2.05) is 0 Å². The summed E-state index contributed by atoms with van der Waals surface area (Å²) in [5, 5.41) is 11.6. The first kappa shape index (κ1) is 49.8. The monoisotopic (exact) mass is 736 g/mol. The smallest absolute Gasteiger partial charge is 0.306 e. The van der Waals surface area contributed by atoms with Crippen LogP contribution in [0.25, 0.3) is 0 Å². The maximum Gasteiger partial charge on any atom is 0.306 e. The topological polar surface area (TPSA) is 102 Å². The fraction of sp³-hybridized carbons (Fsp3) is 0.841. The van der Waals surface area contributed by atoms with Gasteiger partial charge in [-0.05, 0) is 64.2 Å². The Morgan fingerprint density at radius 1 is 0.558 bits per heavy atom.